The number of benzene rings is 3. The molecule has 0 amide bonds. The van der Waals surface area contributed by atoms with Crippen molar-refractivity contribution in [3.05, 3.63) is 107 Å². The average molecular weight is 454 g/mol. The van der Waals surface area contributed by atoms with Crippen LogP contribution >= 0.6 is 0 Å². The minimum absolute atomic E-state index is 0.0460. The number of methoxy groups -OCH3 is 1. The van der Waals surface area contributed by atoms with E-state index >= 15 is 0 Å². The Morgan fingerprint density at radius 2 is 1.62 bits per heavy atom. The molecule has 5 aromatic rings. The molecule has 0 atom stereocenters. The minimum atomic E-state index is -0.271. The lowest BCUT2D eigenvalue weighted by Crippen LogP contribution is -2.14. The molecule has 8 nitrogen and oxygen atoms in total. The summed E-state index contributed by atoms with van der Waals surface area (Å²) in [6.07, 6.45) is 0.560. The highest BCUT2D eigenvalue weighted by Gasteiger charge is 2.19. The molecule has 5 rings (SSSR count). The predicted octanol–water partition coefficient (Wildman–Crippen LogP) is 4.54. The van der Waals surface area contributed by atoms with Crippen molar-refractivity contribution in [3.63, 3.8) is 0 Å². The second kappa shape index (κ2) is 8.86. The molecule has 0 radical (unpaired) electrons. The molecular weight excluding hydrogens is 432 g/mol. The van der Waals surface area contributed by atoms with Crippen LogP contribution in [0.15, 0.2) is 89.7 Å². The first kappa shape index (κ1) is 21.4. The monoisotopic (exact) mass is 454 g/mol. The van der Waals surface area contributed by atoms with Crippen molar-refractivity contribution in [1.29, 1.82) is 0 Å². The maximum atomic E-state index is 13.1. The predicted molar refractivity (Wildman–Crippen MR) is 129 cm³/mol. The Balaban J connectivity index is 1.70. The summed E-state index contributed by atoms with van der Waals surface area (Å²) < 4.78 is 6.69. The van der Waals surface area contributed by atoms with Gasteiger partial charge in [0.15, 0.2) is 0 Å². The van der Waals surface area contributed by atoms with Crippen molar-refractivity contribution in [1.82, 2.24) is 14.6 Å². The summed E-state index contributed by atoms with van der Waals surface area (Å²) in [4.78, 5) is 16.4. The summed E-state index contributed by atoms with van der Waals surface area (Å²) >= 11 is 0. The topological polar surface area (TPSA) is 103 Å². The highest BCUT2D eigenvalue weighted by atomic mass is 16.8. The third-order valence-corrected chi connectivity index (χ3v) is 5.69. The normalized spacial score (nSPS) is 11.0. The third-order valence-electron chi connectivity index (χ3n) is 5.69. The molecule has 170 valence electrons. The van der Waals surface area contributed by atoms with Gasteiger partial charge in [-0.15, -0.1) is 5.23 Å². The Morgan fingerprint density at radius 3 is 2.26 bits per heavy atom. The number of aromatic nitrogens is 3. The van der Waals surface area contributed by atoms with Crippen molar-refractivity contribution in [3.8, 4) is 28.1 Å². The van der Waals surface area contributed by atoms with Gasteiger partial charge in [-0.05, 0) is 41.0 Å². The summed E-state index contributed by atoms with van der Waals surface area (Å²) in [5, 5.41) is 23.1. The van der Waals surface area contributed by atoms with Gasteiger partial charge in [-0.2, -0.15) is 9.61 Å². The van der Waals surface area contributed by atoms with Crippen LogP contribution in [-0.2, 0) is 6.42 Å². The van der Waals surface area contributed by atoms with Crippen molar-refractivity contribution in [2.45, 2.75) is 6.42 Å². The molecule has 0 aliphatic carbocycles. The van der Waals surface area contributed by atoms with Crippen molar-refractivity contribution in [2.75, 3.05) is 12.3 Å². The van der Waals surface area contributed by atoms with Crippen LogP contribution in [0, 0.1) is 0 Å². The first-order valence-corrected chi connectivity index (χ1v) is 10.6. The Morgan fingerprint density at radius 1 is 0.941 bits per heavy atom. The Labute approximate surface area is 194 Å². The molecule has 2 aromatic heterocycles. The molecule has 0 aliphatic heterocycles. The van der Waals surface area contributed by atoms with E-state index < -0.39 is 0 Å². The zero-order valence-corrected chi connectivity index (χ0v) is 18.3. The van der Waals surface area contributed by atoms with E-state index in [9.17, 15) is 15.2 Å². The largest absolute Gasteiger partial charge is 0.497 e. The number of fused-ring (bicyclic) bond motifs is 1. The van der Waals surface area contributed by atoms with Gasteiger partial charge >= 0.3 is 0 Å². The molecular formula is C26H22N4O4. The molecule has 0 saturated heterocycles. The second-order valence-electron chi connectivity index (χ2n) is 7.83. The van der Waals surface area contributed by atoms with Gasteiger partial charge < -0.3 is 9.72 Å². The van der Waals surface area contributed by atoms with Crippen molar-refractivity contribution in [2.24, 2.45) is 0 Å². The maximum Gasteiger partial charge on any atom is 0.274 e. The first-order chi connectivity index (χ1) is 16.5. The molecule has 34 heavy (non-hydrogen) atoms. The van der Waals surface area contributed by atoms with E-state index in [2.05, 4.69) is 10.1 Å². The SMILES string of the molecule is COc1ccc(-c2c(Cc3ccccc3)nn3c(=O)cc(-c4ccc(N(O)O)cc4)[nH]c23)cc1. The molecule has 0 unspecified atom stereocenters. The van der Waals surface area contributed by atoms with Crippen molar-refractivity contribution >= 4 is 11.3 Å². The number of H-pyrrole nitrogens is 1. The highest BCUT2D eigenvalue weighted by Crippen LogP contribution is 2.31. The zero-order chi connectivity index (χ0) is 23.7. The number of hydrogen-bond donors (Lipinski definition) is 3. The van der Waals surface area contributed by atoms with Crippen molar-refractivity contribution < 1.29 is 15.2 Å². The van der Waals surface area contributed by atoms with Gasteiger partial charge in [0.05, 0.1) is 24.2 Å². The molecule has 0 fully saturated rings. The van der Waals surface area contributed by atoms with Crippen LogP contribution < -0.4 is 15.5 Å². The molecule has 8 heteroatoms. The molecule has 0 spiro atoms. The van der Waals surface area contributed by atoms with Gasteiger partial charge in [-0.1, -0.05) is 54.6 Å². The fraction of sp³-hybridized carbons (Fsp3) is 0.0769. The number of aromatic amines is 1. The quantitative estimate of drug-likeness (QED) is 0.326. The zero-order valence-electron chi connectivity index (χ0n) is 18.3. The second-order valence-corrected chi connectivity index (χ2v) is 7.83. The lowest BCUT2D eigenvalue weighted by Gasteiger charge is -2.09. The van der Waals surface area contributed by atoms with E-state index in [1.165, 1.54) is 10.6 Å². The highest BCUT2D eigenvalue weighted by molar-refractivity contribution is 5.82. The van der Waals surface area contributed by atoms with E-state index in [1.54, 1.807) is 31.4 Å². The van der Waals surface area contributed by atoms with Gasteiger partial charge in [0, 0.05) is 18.1 Å². The molecule has 0 bridgehead atoms. The smallest absolute Gasteiger partial charge is 0.274 e. The summed E-state index contributed by atoms with van der Waals surface area (Å²) in [5.41, 5.74) is 5.42. The fourth-order valence-electron chi connectivity index (χ4n) is 3.99. The summed E-state index contributed by atoms with van der Waals surface area (Å²) in [6, 6.07) is 25.6. The third kappa shape index (κ3) is 4.03. The average Bonchev–Trinajstić information content (AvgIpc) is 3.23. The van der Waals surface area contributed by atoms with E-state index in [0.29, 0.717) is 17.8 Å². The van der Waals surface area contributed by atoms with Crippen LogP contribution in [0.25, 0.3) is 28.0 Å². The lowest BCUT2D eigenvalue weighted by molar-refractivity contribution is 0.0291. The number of anilines is 1. The van der Waals surface area contributed by atoms with Crippen LogP contribution in [0.2, 0.25) is 0 Å². The van der Waals surface area contributed by atoms with E-state index in [1.807, 2.05) is 54.6 Å². The fourth-order valence-corrected chi connectivity index (χ4v) is 3.99. The number of nitrogens with zero attached hydrogens (tertiary/aromatic N) is 3. The lowest BCUT2D eigenvalue weighted by atomic mass is 10.0. The maximum absolute atomic E-state index is 13.1. The van der Waals surface area contributed by atoms with Gasteiger partial charge in [0.25, 0.3) is 5.56 Å². The molecule has 3 aromatic carbocycles. The van der Waals surface area contributed by atoms with Crippen LogP contribution in [-0.4, -0.2) is 32.1 Å². The molecule has 0 saturated carbocycles. The van der Waals surface area contributed by atoms with Gasteiger partial charge in [-0.3, -0.25) is 15.2 Å². The van der Waals surface area contributed by atoms with E-state index in [-0.39, 0.29) is 16.5 Å². The summed E-state index contributed by atoms with van der Waals surface area (Å²) in [5.74, 6) is 0.737. The Hall–Kier alpha value is -4.40. The Kier molecular flexibility index (Phi) is 5.59. The Bertz CT molecular complexity index is 1490. The van der Waals surface area contributed by atoms with Crippen LogP contribution in [0.3, 0.4) is 0 Å². The molecule has 3 N–H and O–H groups in total. The van der Waals surface area contributed by atoms with Gasteiger partial charge in [0.1, 0.15) is 11.4 Å². The van der Waals surface area contributed by atoms with Gasteiger partial charge in [-0.25, -0.2) is 0 Å². The number of hydrogen-bond acceptors (Lipinski definition) is 6. The van der Waals surface area contributed by atoms with Crippen LogP contribution in [0.1, 0.15) is 11.3 Å². The van der Waals surface area contributed by atoms with E-state index in [4.69, 9.17) is 4.74 Å². The number of nitrogens with one attached hydrogen (secondary N) is 1. The molecule has 0 aliphatic rings. The minimum Gasteiger partial charge on any atom is -0.497 e. The van der Waals surface area contributed by atoms with Crippen LogP contribution in [0.4, 0.5) is 5.69 Å². The number of rotatable bonds is 6. The van der Waals surface area contributed by atoms with Gasteiger partial charge in [0.2, 0.25) is 0 Å². The van der Waals surface area contributed by atoms with E-state index in [0.717, 1.165) is 33.7 Å². The number of ether oxygens (including phenoxy) is 1. The first-order valence-electron chi connectivity index (χ1n) is 10.6. The standard InChI is InChI=1S/C26H22N4O4/c1-34-21-13-9-19(10-14-21)25-23(15-17-5-3-2-4-6-17)28-29-24(31)16-22(27-26(25)29)18-7-11-20(12-8-18)30(32)33/h2-14,16,27,32-33H,15H2,1H3. The van der Waals surface area contributed by atoms with Crippen LogP contribution in [0.5, 0.6) is 5.75 Å². The summed E-state index contributed by atoms with van der Waals surface area (Å²) in [7, 11) is 1.62. The summed E-state index contributed by atoms with van der Waals surface area (Å²) in [6.45, 7) is 0. The molecule has 2 heterocycles.